The molecule has 1 saturated heterocycles. The van der Waals surface area contributed by atoms with Crippen molar-refractivity contribution in [3.05, 3.63) is 53.6 Å². The van der Waals surface area contributed by atoms with Crippen LogP contribution in [0.1, 0.15) is 17.7 Å². The van der Waals surface area contributed by atoms with Crippen LogP contribution in [0.4, 0.5) is 4.39 Å². The molecule has 2 aromatic rings. The average molecular weight is 330 g/mol. The number of hydrogen-bond acceptors (Lipinski definition) is 3. The van der Waals surface area contributed by atoms with Gasteiger partial charge in [-0.15, -0.1) is 0 Å². The number of rotatable bonds is 5. The molecule has 5 nitrogen and oxygen atoms in total. The standard InChI is InChI=1S/C18H23FN4O/c1-15-6-8-23(20-15)9-7-18(24)22-12-10-21(11-13-22)14-16-2-4-17(19)5-3-16/h2-6,8H,7,9-14H2,1H3. The van der Waals surface area contributed by atoms with Gasteiger partial charge in [0.25, 0.3) is 0 Å². The zero-order chi connectivity index (χ0) is 16.9. The Bertz CT molecular complexity index is 675. The van der Waals surface area contributed by atoms with Crippen LogP contribution >= 0.6 is 0 Å². The fourth-order valence-electron chi connectivity index (χ4n) is 2.96. The Balaban J connectivity index is 1.42. The van der Waals surface area contributed by atoms with Gasteiger partial charge in [-0.25, -0.2) is 4.39 Å². The SMILES string of the molecule is Cc1ccn(CCC(=O)N2CCN(Cc3ccc(F)cc3)CC2)n1. The second kappa shape index (κ2) is 7.57. The summed E-state index contributed by atoms with van der Waals surface area (Å²) in [5.41, 5.74) is 2.07. The highest BCUT2D eigenvalue weighted by Gasteiger charge is 2.20. The van der Waals surface area contributed by atoms with E-state index >= 15 is 0 Å². The lowest BCUT2D eigenvalue weighted by molar-refractivity contribution is -0.133. The lowest BCUT2D eigenvalue weighted by Crippen LogP contribution is -2.48. The van der Waals surface area contributed by atoms with E-state index in [-0.39, 0.29) is 11.7 Å². The van der Waals surface area contributed by atoms with Crippen molar-refractivity contribution in [3.63, 3.8) is 0 Å². The van der Waals surface area contributed by atoms with Crippen LogP contribution in [-0.2, 0) is 17.9 Å². The number of carbonyl (C=O) groups is 1. The summed E-state index contributed by atoms with van der Waals surface area (Å²) in [6.07, 6.45) is 2.39. The maximum absolute atomic E-state index is 12.9. The molecule has 128 valence electrons. The van der Waals surface area contributed by atoms with Crippen molar-refractivity contribution in [1.29, 1.82) is 0 Å². The summed E-state index contributed by atoms with van der Waals surface area (Å²) in [4.78, 5) is 16.5. The van der Waals surface area contributed by atoms with Crippen LogP contribution in [-0.4, -0.2) is 51.7 Å². The molecule has 2 heterocycles. The zero-order valence-corrected chi connectivity index (χ0v) is 14.0. The molecule has 0 unspecified atom stereocenters. The molecule has 1 aliphatic heterocycles. The minimum Gasteiger partial charge on any atom is -0.340 e. The molecule has 1 aromatic heterocycles. The largest absolute Gasteiger partial charge is 0.340 e. The first-order chi connectivity index (χ1) is 11.6. The number of nitrogens with zero attached hydrogens (tertiary/aromatic N) is 4. The number of carbonyl (C=O) groups excluding carboxylic acids is 1. The van der Waals surface area contributed by atoms with Crippen LogP contribution in [0.25, 0.3) is 0 Å². The average Bonchev–Trinajstić information content (AvgIpc) is 3.01. The van der Waals surface area contributed by atoms with E-state index in [0.29, 0.717) is 13.0 Å². The summed E-state index contributed by atoms with van der Waals surface area (Å²) >= 11 is 0. The number of hydrogen-bond donors (Lipinski definition) is 0. The maximum atomic E-state index is 12.9. The minimum atomic E-state index is -0.207. The number of aromatic nitrogens is 2. The highest BCUT2D eigenvalue weighted by molar-refractivity contribution is 5.76. The van der Waals surface area contributed by atoms with Gasteiger partial charge >= 0.3 is 0 Å². The Labute approximate surface area is 141 Å². The third kappa shape index (κ3) is 4.41. The molecule has 6 heteroatoms. The summed E-state index contributed by atoms with van der Waals surface area (Å²) in [6, 6.07) is 8.56. The van der Waals surface area contributed by atoms with E-state index in [4.69, 9.17) is 0 Å². The predicted octanol–water partition coefficient (Wildman–Crippen LogP) is 2.07. The van der Waals surface area contributed by atoms with Gasteiger partial charge in [0.15, 0.2) is 0 Å². The molecular weight excluding hydrogens is 307 g/mol. The van der Waals surface area contributed by atoms with Crippen LogP contribution in [0.3, 0.4) is 0 Å². The lowest BCUT2D eigenvalue weighted by Gasteiger charge is -2.34. The first-order valence-electron chi connectivity index (χ1n) is 8.35. The number of benzene rings is 1. The van der Waals surface area contributed by atoms with E-state index in [2.05, 4.69) is 10.00 Å². The second-order valence-electron chi connectivity index (χ2n) is 6.25. The molecule has 3 rings (SSSR count). The molecule has 0 N–H and O–H groups in total. The van der Waals surface area contributed by atoms with Gasteiger partial charge in [0.1, 0.15) is 5.82 Å². The van der Waals surface area contributed by atoms with Crippen molar-refractivity contribution in [2.24, 2.45) is 0 Å². The van der Waals surface area contributed by atoms with Gasteiger partial charge in [0.05, 0.1) is 5.69 Å². The van der Waals surface area contributed by atoms with Gasteiger partial charge in [0.2, 0.25) is 5.91 Å². The molecule has 0 saturated carbocycles. The van der Waals surface area contributed by atoms with Gasteiger partial charge in [-0.05, 0) is 30.7 Å². The topological polar surface area (TPSA) is 41.4 Å². The molecule has 0 bridgehead atoms. The van der Waals surface area contributed by atoms with Crippen molar-refractivity contribution < 1.29 is 9.18 Å². The van der Waals surface area contributed by atoms with Crippen molar-refractivity contribution >= 4 is 5.91 Å². The molecular formula is C18H23FN4O. The van der Waals surface area contributed by atoms with E-state index in [1.807, 2.05) is 40.9 Å². The molecule has 24 heavy (non-hydrogen) atoms. The van der Waals surface area contributed by atoms with E-state index < -0.39 is 0 Å². The lowest BCUT2D eigenvalue weighted by atomic mass is 10.2. The monoisotopic (exact) mass is 330 g/mol. The van der Waals surface area contributed by atoms with E-state index in [1.165, 1.54) is 12.1 Å². The van der Waals surface area contributed by atoms with Crippen LogP contribution in [0, 0.1) is 12.7 Å². The van der Waals surface area contributed by atoms with Crippen molar-refractivity contribution in [2.75, 3.05) is 26.2 Å². The van der Waals surface area contributed by atoms with Gasteiger partial charge in [-0.3, -0.25) is 14.4 Å². The van der Waals surface area contributed by atoms with E-state index in [0.717, 1.165) is 44.0 Å². The van der Waals surface area contributed by atoms with Crippen LogP contribution in [0.2, 0.25) is 0 Å². The number of aryl methyl sites for hydroxylation is 2. The molecule has 0 aliphatic carbocycles. The minimum absolute atomic E-state index is 0.185. The summed E-state index contributed by atoms with van der Waals surface area (Å²) in [5.74, 6) is -0.0221. The summed E-state index contributed by atoms with van der Waals surface area (Å²) in [6.45, 7) is 6.57. The van der Waals surface area contributed by atoms with Crippen LogP contribution in [0.15, 0.2) is 36.5 Å². The Hall–Kier alpha value is -2.21. The van der Waals surface area contributed by atoms with Crippen LogP contribution in [0.5, 0.6) is 0 Å². The van der Waals surface area contributed by atoms with Crippen molar-refractivity contribution in [1.82, 2.24) is 19.6 Å². The second-order valence-corrected chi connectivity index (χ2v) is 6.25. The molecule has 1 fully saturated rings. The molecule has 0 atom stereocenters. The van der Waals surface area contributed by atoms with Gasteiger partial charge in [0, 0.05) is 51.9 Å². The van der Waals surface area contributed by atoms with Gasteiger partial charge in [-0.2, -0.15) is 5.10 Å². The summed E-state index contributed by atoms with van der Waals surface area (Å²) in [5, 5.41) is 4.30. The molecule has 1 aliphatic rings. The van der Waals surface area contributed by atoms with E-state index in [9.17, 15) is 9.18 Å². The maximum Gasteiger partial charge on any atom is 0.224 e. The fraction of sp³-hybridized carbons (Fsp3) is 0.444. The zero-order valence-electron chi connectivity index (χ0n) is 14.0. The van der Waals surface area contributed by atoms with Crippen molar-refractivity contribution in [3.8, 4) is 0 Å². The predicted molar refractivity (Wildman–Crippen MR) is 89.8 cm³/mol. The Kier molecular flexibility index (Phi) is 5.25. The molecule has 0 radical (unpaired) electrons. The number of amides is 1. The number of halogens is 1. The molecule has 1 aromatic carbocycles. The summed E-state index contributed by atoms with van der Waals surface area (Å²) < 4.78 is 14.8. The highest BCUT2D eigenvalue weighted by atomic mass is 19.1. The number of piperazine rings is 1. The molecule has 0 spiro atoms. The third-order valence-corrected chi connectivity index (χ3v) is 4.37. The quantitative estimate of drug-likeness (QED) is 0.843. The Morgan fingerprint density at radius 2 is 1.83 bits per heavy atom. The fourth-order valence-corrected chi connectivity index (χ4v) is 2.96. The highest BCUT2D eigenvalue weighted by Crippen LogP contribution is 2.10. The van der Waals surface area contributed by atoms with Crippen LogP contribution < -0.4 is 0 Å². The first-order valence-corrected chi connectivity index (χ1v) is 8.35. The van der Waals surface area contributed by atoms with Gasteiger partial charge < -0.3 is 4.90 Å². The summed E-state index contributed by atoms with van der Waals surface area (Å²) in [7, 11) is 0. The Morgan fingerprint density at radius 1 is 1.12 bits per heavy atom. The molecule has 1 amide bonds. The first kappa shape index (κ1) is 16.6. The normalized spacial score (nSPS) is 15.7. The van der Waals surface area contributed by atoms with E-state index in [1.54, 1.807) is 0 Å². The smallest absolute Gasteiger partial charge is 0.224 e. The Morgan fingerprint density at radius 3 is 2.46 bits per heavy atom. The van der Waals surface area contributed by atoms with Crippen molar-refractivity contribution in [2.45, 2.75) is 26.4 Å². The van der Waals surface area contributed by atoms with Gasteiger partial charge in [-0.1, -0.05) is 12.1 Å². The third-order valence-electron chi connectivity index (χ3n) is 4.37.